The summed E-state index contributed by atoms with van der Waals surface area (Å²) in [6.07, 6.45) is 0. The first kappa shape index (κ1) is 10.4. The topological polar surface area (TPSA) is 37.8 Å². The number of aromatic nitrogens is 2. The summed E-state index contributed by atoms with van der Waals surface area (Å²) in [4.78, 5) is 14.8. The van der Waals surface area contributed by atoms with Gasteiger partial charge < -0.3 is 4.98 Å². The maximum absolute atomic E-state index is 12.0. The van der Waals surface area contributed by atoms with E-state index in [2.05, 4.69) is 20.9 Å². The van der Waals surface area contributed by atoms with Crippen LogP contribution in [0.1, 0.15) is 0 Å². The van der Waals surface area contributed by atoms with Gasteiger partial charge in [0.2, 0.25) is 0 Å². The molecule has 0 aliphatic heterocycles. The Bertz CT molecular complexity index is 728. The number of nitrogens with zero attached hydrogens (tertiary/aromatic N) is 1. The van der Waals surface area contributed by atoms with E-state index in [0.717, 1.165) is 21.2 Å². The molecule has 0 radical (unpaired) electrons. The molecule has 3 rings (SSSR count). The number of aromatic amines is 1. The van der Waals surface area contributed by atoms with Gasteiger partial charge in [0.05, 0.1) is 16.7 Å². The smallest absolute Gasteiger partial charge is 0.304 e. The zero-order chi connectivity index (χ0) is 11.8. The number of H-pyrrole nitrogens is 1. The molecule has 0 amide bonds. The van der Waals surface area contributed by atoms with Gasteiger partial charge in [-0.15, -0.1) is 0 Å². The summed E-state index contributed by atoms with van der Waals surface area (Å²) >= 11 is 3.43. The molecule has 0 saturated carbocycles. The Labute approximate surface area is 106 Å². The van der Waals surface area contributed by atoms with Crippen LogP contribution in [0.15, 0.2) is 57.8 Å². The highest BCUT2D eigenvalue weighted by atomic mass is 79.9. The van der Waals surface area contributed by atoms with Crippen molar-refractivity contribution in [3.63, 3.8) is 0 Å². The minimum absolute atomic E-state index is 0.127. The van der Waals surface area contributed by atoms with Crippen molar-refractivity contribution < 1.29 is 0 Å². The van der Waals surface area contributed by atoms with Gasteiger partial charge in [-0.05, 0) is 40.2 Å². The zero-order valence-corrected chi connectivity index (χ0v) is 10.4. The van der Waals surface area contributed by atoms with Crippen molar-refractivity contribution in [3.05, 3.63) is 63.5 Å². The maximum atomic E-state index is 12.0. The lowest BCUT2D eigenvalue weighted by molar-refractivity contribution is 1.02. The van der Waals surface area contributed by atoms with Crippen molar-refractivity contribution in [2.75, 3.05) is 0 Å². The van der Waals surface area contributed by atoms with E-state index in [1.165, 1.54) is 0 Å². The van der Waals surface area contributed by atoms with Gasteiger partial charge in [-0.2, -0.15) is 0 Å². The van der Waals surface area contributed by atoms with Gasteiger partial charge in [0.15, 0.2) is 0 Å². The zero-order valence-electron chi connectivity index (χ0n) is 8.85. The number of hydrogen-bond donors (Lipinski definition) is 1. The van der Waals surface area contributed by atoms with Gasteiger partial charge >= 0.3 is 5.69 Å². The molecule has 17 heavy (non-hydrogen) atoms. The molecule has 2 aromatic carbocycles. The summed E-state index contributed by atoms with van der Waals surface area (Å²) in [6, 6.07) is 15.3. The van der Waals surface area contributed by atoms with Gasteiger partial charge in [0.1, 0.15) is 0 Å². The highest BCUT2D eigenvalue weighted by Gasteiger charge is 2.09. The van der Waals surface area contributed by atoms with E-state index in [0.29, 0.717) is 0 Å². The molecule has 1 N–H and O–H groups in total. The Morgan fingerprint density at radius 2 is 1.76 bits per heavy atom. The highest BCUT2D eigenvalue weighted by Crippen LogP contribution is 2.22. The van der Waals surface area contributed by atoms with Crippen molar-refractivity contribution in [3.8, 4) is 5.69 Å². The van der Waals surface area contributed by atoms with E-state index in [1.807, 2.05) is 48.5 Å². The van der Waals surface area contributed by atoms with Crippen LogP contribution < -0.4 is 5.69 Å². The molecule has 3 nitrogen and oxygen atoms in total. The number of rotatable bonds is 1. The normalized spacial score (nSPS) is 10.9. The standard InChI is InChI=1S/C13H9BrN2O/c14-10-7-4-8-11-12(10)15-13(17)16(11)9-5-2-1-3-6-9/h1-8H,(H,15,17). The van der Waals surface area contributed by atoms with Crippen molar-refractivity contribution in [1.82, 2.24) is 9.55 Å². The minimum Gasteiger partial charge on any atom is -0.304 e. The maximum Gasteiger partial charge on any atom is 0.331 e. The fourth-order valence-electron chi connectivity index (χ4n) is 1.93. The summed E-state index contributed by atoms with van der Waals surface area (Å²) in [6.45, 7) is 0. The highest BCUT2D eigenvalue weighted by molar-refractivity contribution is 9.10. The molecule has 0 saturated heterocycles. The predicted octanol–water partition coefficient (Wildman–Crippen LogP) is 3.08. The molecule has 0 aliphatic carbocycles. The largest absolute Gasteiger partial charge is 0.331 e. The molecule has 0 unspecified atom stereocenters. The molecule has 3 aromatic rings. The van der Waals surface area contributed by atoms with Gasteiger partial charge in [0, 0.05) is 4.47 Å². The molecule has 0 fully saturated rings. The van der Waals surface area contributed by atoms with E-state index in [1.54, 1.807) is 4.57 Å². The minimum atomic E-state index is -0.127. The van der Waals surface area contributed by atoms with Crippen LogP contribution in [-0.2, 0) is 0 Å². The monoisotopic (exact) mass is 288 g/mol. The van der Waals surface area contributed by atoms with Gasteiger partial charge in [-0.25, -0.2) is 4.79 Å². The van der Waals surface area contributed by atoms with Crippen LogP contribution in [0.2, 0.25) is 0 Å². The Morgan fingerprint density at radius 3 is 2.53 bits per heavy atom. The number of halogens is 1. The van der Waals surface area contributed by atoms with Gasteiger partial charge in [0.25, 0.3) is 0 Å². The quantitative estimate of drug-likeness (QED) is 0.734. The van der Waals surface area contributed by atoms with E-state index in [-0.39, 0.29) is 5.69 Å². The molecule has 0 bridgehead atoms. The number of nitrogens with one attached hydrogen (secondary N) is 1. The Kier molecular flexibility index (Phi) is 2.37. The predicted molar refractivity (Wildman–Crippen MR) is 71.6 cm³/mol. The fourth-order valence-corrected chi connectivity index (χ4v) is 2.38. The first-order chi connectivity index (χ1) is 8.27. The molecule has 0 spiro atoms. The number of benzene rings is 2. The number of hydrogen-bond acceptors (Lipinski definition) is 1. The second-order valence-corrected chi connectivity index (χ2v) is 4.59. The Balaban J connectivity index is 2.42. The third kappa shape index (κ3) is 1.61. The summed E-state index contributed by atoms with van der Waals surface area (Å²) in [5.41, 5.74) is 2.43. The molecule has 4 heteroatoms. The fraction of sp³-hybridized carbons (Fsp3) is 0. The van der Waals surface area contributed by atoms with Crippen LogP contribution in [0, 0.1) is 0 Å². The van der Waals surface area contributed by atoms with Crippen LogP contribution >= 0.6 is 15.9 Å². The second kappa shape index (κ2) is 3.89. The molecular formula is C13H9BrN2O. The summed E-state index contributed by atoms with van der Waals surface area (Å²) in [5, 5.41) is 0. The third-order valence-corrected chi connectivity index (χ3v) is 3.34. The molecule has 0 aliphatic rings. The van der Waals surface area contributed by atoms with Crippen molar-refractivity contribution in [2.24, 2.45) is 0 Å². The second-order valence-electron chi connectivity index (χ2n) is 3.74. The van der Waals surface area contributed by atoms with Crippen LogP contribution in [0.4, 0.5) is 0 Å². The van der Waals surface area contributed by atoms with Crippen molar-refractivity contribution >= 4 is 27.0 Å². The SMILES string of the molecule is O=c1[nH]c2c(Br)cccc2n1-c1ccccc1. The van der Waals surface area contributed by atoms with Crippen LogP contribution in [0.5, 0.6) is 0 Å². The van der Waals surface area contributed by atoms with Crippen molar-refractivity contribution in [2.45, 2.75) is 0 Å². The lowest BCUT2D eigenvalue weighted by atomic mass is 10.3. The molecule has 0 atom stereocenters. The number of fused-ring (bicyclic) bond motifs is 1. The molecular weight excluding hydrogens is 280 g/mol. The first-order valence-electron chi connectivity index (χ1n) is 5.22. The van der Waals surface area contributed by atoms with Crippen LogP contribution in [0.3, 0.4) is 0 Å². The first-order valence-corrected chi connectivity index (χ1v) is 6.01. The van der Waals surface area contributed by atoms with Gasteiger partial charge in [-0.3, -0.25) is 4.57 Å². The molecule has 84 valence electrons. The lowest BCUT2D eigenvalue weighted by Crippen LogP contribution is -2.14. The Hall–Kier alpha value is -1.81. The lowest BCUT2D eigenvalue weighted by Gasteiger charge is -2.02. The van der Waals surface area contributed by atoms with E-state index in [9.17, 15) is 4.79 Å². The molecule has 1 heterocycles. The number of imidazole rings is 1. The van der Waals surface area contributed by atoms with Crippen LogP contribution in [-0.4, -0.2) is 9.55 Å². The van der Waals surface area contributed by atoms with E-state index in [4.69, 9.17) is 0 Å². The average Bonchev–Trinajstić information content (AvgIpc) is 2.68. The van der Waals surface area contributed by atoms with Gasteiger partial charge in [-0.1, -0.05) is 24.3 Å². The van der Waals surface area contributed by atoms with E-state index >= 15 is 0 Å². The Morgan fingerprint density at radius 1 is 1.00 bits per heavy atom. The molecule has 1 aromatic heterocycles. The van der Waals surface area contributed by atoms with Crippen LogP contribution in [0.25, 0.3) is 16.7 Å². The summed E-state index contributed by atoms with van der Waals surface area (Å²) in [5.74, 6) is 0. The summed E-state index contributed by atoms with van der Waals surface area (Å²) in [7, 11) is 0. The number of para-hydroxylation sites is 2. The third-order valence-electron chi connectivity index (χ3n) is 2.68. The van der Waals surface area contributed by atoms with Crippen molar-refractivity contribution in [1.29, 1.82) is 0 Å². The average molecular weight is 289 g/mol. The summed E-state index contributed by atoms with van der Waals surface area (Å²) < 4.78 is 2.56. The van der Waals surface area contributed by atoms with E-state index < -0.39 is 0 Å².